The zero-order valence-corrected chi connectivity index (χ0v) is 21.0. The van der Waals surface area contributed by atoms with E-state index in [-0.39, 0.29) is 0 Å². The van der Waals surface area contributed by atoms with E-state index in [1.165, 1.54) is 70.6 Å². The summed E-state index contributed by atoms with van der Waals surface area (Å²) in [5.74, 6) is 0.400. The number of carbonyl (C=O) groups excluding carboxylic acids is 1. The Morgan fingerprint density at radius 1 is 0.484 bits per heavy atom. The summed E-state index contributed by atoms with van der Waals surface area (Å²) < 4.78 is 0. The normalized spacial score (nSPS) is 12.3. The molecule has 0 heterocycles. The summed E-state index contributed by atoms with van der Waals surface area (Å²) in [7, 11) is 0. The van der Waals surface area contributed by atoms with Crippen LogP contribution in [-0.4, -0.2) is 5.78 Å². The molecule has 0 aliphatic heterocycles. The minimum atomic E-state index is 0.400. The van der Waals surface area contributed by atoms with E-state index in [0.29, 0.717) is 18.6 Å². The third-order valence-electron chi connectivity index (χ3n) is 5.64. The highest BCUT2D eigenvalue weighted by Crippen LogP contribution is 2.11. The molecule has 0 aliphatic rings. The number of ketones is 1. The number of unbranched alkanes of at least 4 members (excludes halogenated alkanes) is 12. The predicted octanol–water partition coefficient (Wildman–Crippen LogP) is 10.2. The van der Waals surface area contributed by atoms with Crippen molar-refractivity contribution >= 4 is 5.78 Å². The van der Waals surface area contributed by atoms with E-state index in [4.69, 9.17) is 0 Å². The van der Waals surface area contributed by atoms with Crippen LogP contribution in [0.3, 0.4) is 0 Å². The average molecular weight is 429 g/mol. The fourth-order valence-electron chi connectivity index (χ4n) is 3.62. The lowest BCUT2D eigenvalue weighted by atomic mass is 10.1. The quantitative estimate of drug-likeness (QED) is 0.117. The largest absolute Gasteiger partial charge is 0.300 e. The van der Waals surface area contributed by atoms with Gasteiger partial charge in [-0.2, -0.15) is 0 Å². The van der Waals surface area contributed by atoms with Crippen LogP contribution >= 0.6 is 0 Å². The number of allylic oxidation sites excluding steroid dienone is 8. The molecule has 0 bridgehead atoms. The first-order valence-electron chi connectivity index (χ1n) is 13.4. The van der Waals surface area contributed by atoms with Gasteiger partial charge >= 0.3 is 0 Å². The van der Waals surface area contributed by atoms with Crippen molar-refractivity contribution in [3.8, 4) is 0 Å². The minimum absolute atomic E-state index is 0.400. The maximum Gasteiger partial charge on any atom is 0.133 e. The molecule has 0 unspecified atom stereocenters. The van der Waals surface area contributed by atoms with E-state index < -0.39 is 0 Å². The molecule has 0 radical (unpaired) electrons. The maximum absolute atomic E-state index is 11.9. The highest BCUT2D eigenvalue weighted by molar-refractivity contribution is 5.78. The fourth-order valence-corrected chi connectivity index (χ4v) is 3.62. The van der Waals surface area contributed by atoms with E-state index >= 15 is 0 Å². The lowest BCUT2D eigenvalue weighted by Gasteiger charge is -2.01. The minimum Gasteiger partial charge on any atom is -0.300 e. The molecule has 0 saturated carbocycles. The lowest BCUT2D eigenvalue weighted by molar-refractivity contribution is -0.118. The summed E-state index contributed by atoms with van der Waals surface area (Å²) in [6.07, 6.45) is 40.5. The summed E-state index contributed by atoms with van der Waals surface area (Å²) >= 11 is 0. The van der Waals surface area contributed by atoms with Gasteiger partial charge in [0.2, 0.25) is 0 Å². The Morgan fingerprint density at radius 2 is 0.871 bits per heavy atom. The van der Waals surface area contributed by atoms with Gasteiger partial charge in [-0.1, -0.05) is 113 Å². The van der Waals surface area contributed by atoms with Gasteiger partial charge in [0.05, 0.1) is 0 Å². The van der Waals surface area contributed by atoms with Gasteiger partial charge in [0.25, 0.3) is 0 Å². The molecule has 0 spiro atoms. The van der Waals surface area contributed by atoms with Crippen LogP contribution in [0.5, 0.6) is 0 Å². The van der Waals surface area contributed by atoms with Gasteiger partial charge in [-0.05, 0) is 58.3 Å². The number of carbonyl (C=O) groups is 1. The molecule has 0 aliphatic carbocycles. The summed E-state index contributed by atoms with van der Waals surface area (Å²) in [6.45, 7) is 4.34. The monoisotopic (exact) mass is 428 g/mol. The van der Waals surface area contributed by atoms with Crippen LogP contribution in [0.4, 0.5) is 0 Å². The SMILES string of the molecule is CC=CCCC=CCCC=CCCC(=O)CCC=CCCCCCCCCCCCC. The van der Waals surface area contributed by atoms with Crippen LogP contribution in [0.1, 0.15) is 136 Å². The van der Waals surface area contributed by atoms with Crippen molar-refractivity contribution in [2.45, 2.75) is 136 Å². The molecule has 31 heavy (non-hydrogen) atoms. The average Bonchev–Trinajstić information content (AvgIpc) is 2.77. The third-order valence-corrected chi connectivity index (χ3v) is 5.64. The fraction of sp³-hybridized carbons (Fsp3) is 0.700. The summed E-state index contributed by atoms with van der Waals surface area (Å²) in [4.78, 5) is 11.9. The zero-order valence-electron chi connectivity index (χ0n) is 21.0. The first-order chi connectivity index (χ1) is 15.3. The van der Waals surface area contributed by atoms with Gasteiger partial charge in [0.15, 0.2) is 0 Å². The lowest BCUT2D eigenvalue weighted by Crippen LogP contribution is -1.95. The van der Waals surface area contributed by atoms with E-state index in [1.54, 1.807) is 0 Å². The standard InChI is InChI=1S/C30H52O/c1-3-5-7-9-11-13-15-16-17-19-21-23-25-27-29-30(31)28-26-24-22-20-18-14-12-10-8-6-4-2/h4,6,12,14,22-25H,3,5,7-11,13,15-21,26-29H2,1-2H3. The topological polar surface area (TPSA) is 17.1 Å². The first-order valence-corrected chi connectivity index (χ1v) is 13.4. The van der Waals surface area contributed by atoms with E-state index in [2.05, 4.69) is 62.5 Å². The number of rotatable bonds is 23. The number of hydrogen-bond donors (Lipinski definition) is 0. The van der Waals surface area contributed by atoms with Crippen molar-refractivity contribution in [1.29, 1.82) is 0 Å². The predicted molar refractivity (Wildman–Crippen MR) is 141 cm³/mol. The highest BCUT2D eigenvalue weighted by Gasteiger charge is 1.98. The second-order valence-electron chi connectivity index (χ2n) is 8.72. The van der Waals surface area contributed by atoms with Crippen LogP contribution < -0.4 is 0 Å². The van der Waals surface area contributed by atoms with Gasteiger partial charge in [0.1, 0.15) is 5.78 Å². The molecule has 1 heteroatoms. The Balaban J connectivity index is 3.37. The van der Waals surface area contributed by atoms with Crippen LogP contribution in [0.15, 0.2) is 48.6 Å². The van der Waals surface area contributed by atoms with Crippen LogP contribution in [0, 0.1) is 0 Å². The molecule has 0 aromatic rings. The van der Waals surface area contributed by atoms with Gasteiger partial charge in [-0.15, -0.1) is 0 Å². The molecular formula is C30H52O. The summed E-state index contributed by atoms with van der Waals surface area (Å²) in [5.41, 5.74) is 0. The molecule has 0 aromatic heterocycles. The summed E-state index contributed by atoms with van der Waals surface area (Å²) in [6, 6.07) is 0. The maximum atomic E-state index is 11.9. The Hall–Kier alpha value is -1.37. The van der Waals surface area contributed by atoms with Crippen molar-refractivity contribution < 1.29 is 4.79 Å². The van der Waals surface area contributed by atoms with Crippen molar-refractivity contribution in [1.82, 2.24) is 0 Å². The molecular weight excluding hydrogens is 376 g/mol. The summed E-state index contributed by atoms with van der Waals surface area (Å²) in [5, 5.41) is 0. The third kappa shape index (κ3) is 26.6. The van der Waals surface area contributed by atoms with Gasteiger partial charge in [-0.3, -0.25) is 4.79 Å². The molecule has 0 rings (SSSR count). The van der Waals surface area contributed by atoms with Gasteiger partial charge in [0, 0.05) is 12.8 Å². The Kier molecular flexibility index (Phi) is 25.5. The molecule has 0 atom stereocenters. The molecule has 178 valence electrons. The Bertz CT molecular complexity index is 481. The van der Waals surface area contributed by atoms with Crippen molar-refractivity contribution in [2.24, 2.45) is 0 Å². The molecule has 0 aromatic carbocycles. The van der Waals surface area contributed by atoms with E-state index in [1.807, 2.05) is 0 Å². The van der Waals surface area contributed by atoms with Crippen molar-refractivity contribution in [3.05, 3.63) is 48.6 Å². The van der Waals surface area contributed by atoms with Gasteiger partial charge < -0.3 is 0 Å². The van der Waals surface area contributed by atoms with Crippen molar-refractivity contribution in [2.75, 3.05) is 0 Å². The highest BCUT2D eigenvalue weighted by atomic mass is 16.1. The Morgan fingerprint density at radius 3 is 1.35 bits per heavy atom. The Labute approximate surface area is 195 Å². The number of Topliss-reactive ketones (excluding diaryl/α,β-unsaturated/α-hetero) is 1. The van der Waals surface area contributed by atoms with Crippen molar-refractivity contribution in [3.63, 3.8) is 0 Å². The first kappa shape index (κ1) is 29.6. The zero-order chi connectivity index (χ0) is 22.7. The van der Waals surface area contributed by atoms with Crippen LogP contribution in [0.2, 0.25) is 0 Å². The molecule has 1 nitrogen and oxygen atoms in total. The van der Waals surface area contributed by atoms with E-state index in [9.17, 15) is 4.79 Å². The van der Waals surface area contributed by atoms with E-state index in [0.717, 1.165) is 38.5 Å². The second-order valence-corrected chi connectivity index (χ2v) is 8.72. The molecule has 0 saturated heterocycles. The number of hydrogen-bond acceptors (Lipinski definition) is 1. The molecule has 0 fully saturated rings. The van der Waals surface area contributed by atoms with Gasteiger partial charge in [-0.25, -0.2) is 0 Å². The molecule has 0 amide bonds. The smallest absolute Gasteiger partial charge is 0.133 e. The van der Waals surface area contributed by atoms with Crippen LogP contribution in [0.25, 0.3) is 0 Å². The second kappa shape index (κ2) is 26.7. The molecule has 0 N–H and O–H groups in total. The van der Waals surface area contributed by atoms with Crippen LogP contribution in [-0.2, 0) is 4.79 Å².